The fourth-order valence-corrected chi connectivity index (χ4v) is 3.00. The van der Waals surface area contributed by atoms with E-state index in [1.165, 1.54) is 5.57 Å². The van der Waals surface area contributed by atoms with Gasteiger partial charge in [-0.05, 0) is 27.3 Å². The summed E-state index contributed by atoms with van der Waals surface area (Å²) in [6.07, 6.45) is 3.49. The van der Waals surface area contributed by atoms with Gasteiger partial charge in [-0.3, -0.25) is 4.79 Å². The quantitative estimate of drug-likeness (QED) is 0.698. The highest BCUT2D eigenvalue weighted by Gasteiger charge is 2.27. The fourth-order valence-electron chi connectivity index (χ4n) is 3.00. The van der Waals surface area contributed by atoms with Gasteiger partial charge in [-0.25, -0.2) is 0 Å². The Morgan fingerprint density at radius 3 is 2.75 bits per heavy atom. The molecule has 2 saturated heterocycles. The van der Waals surface area contributed by atoms with Gasteiger partial charge in [0.05, 0.1) is 25.4 Å². The Hall–Kier alpha value is -0.950. The van der Waals surface area contributed by atoms with E-state index in [1.54, 1.807) is 0 Å². The van der Waals surface area contributed by atoms with Crippen molar-refractivity contribution in [3.05, 3.63) is 11.6 Å². The van der Waals surface area contributed by atoms with Gasteiger partial charge in [-0.2, -0.15) is 0 Å². The Morgan fingerprint density at radius 2 is 2.04 bits per heavy atom. The van der Waals surface area contributed by atoms with Crippen molar-refractivity contribution in [3.8, 4) is 0 Å². The molecule has 2 fully saturated rings. The van der Waals surface area contributed by atoms with Gasteiger partial charge in [0.15, 0.2) is 0 Å². The maximum Gasteiger partial charge on any atom is 0.221 e. The number of hydrogen-bond acceptors (Lipinski definition) is 5. The van der Waals surface area contributed by atoms with Crippen LogP contribution in [0.1, 0.15) is 26.7 Å². The molecule has 2 aliphatic rings. The van der Waals surface area contributed by atoms with Crippen molar-refractivity contribution in [2.45, 2.75) is 38.8 Å². The Labute approximate surface area is 146 Å². The molecule has 2 rings (SSSR count). The van der Waals surface area contributed by atoms with Gasteiger partial charge >= 0.3 is 0 Å². The molecule has 0 bridgehead atoms. The van der Waals surface area contributed by atoms with Crippen LogP contribution in [0.25, 0.3) is 0 Å². The summed E-state index contributed by atoms with van der Waals surface area (Å²) in [6.45, 7) is 11.0. The molecule has 0 aliphatic carbocycles. The molecular weight excluding hydrogens is 306 g/mol. The molecule has 2 heterocycles. The lowest BCUT2D eigenvalue weighted by Gasteiger charge is -2.33. The Balaban J connectivity index is 1.70. The lowest BCUT2D eigenvalue weighted by Crippen LogP contribution is -2.51. The predicted octanol–water partition coefficient (Wildman–Crippen LogP) is 0.880. The van der Waals surface area contributed by atoms with Crippen LogP contribution in [0.2, 0.25) is 0 Å². The second-order valence-corrected chi connectivity index (χ2v) is 7.09. The van der Waals surface area contributed by atoms with Crippen LogP contribution in [-0.4, -0.2) is 87.4 Å². The van der Waals surface area contributed by atoms with Crippen LogP contribution in [0.3, 0.4) is 0 Å². The van der Waals surface area contributed by atoms with Crippen LogP contribution in [0.5, 0.6) is 0 Å². The van der Waals surface area contributed by atoms with E-state index in [4.69, 9.17) is 9.47 Å². The summed E-state index contributed by atoms with van der Waals surface area (Å²) in [5.74, 6) is 0.0974. The minimum Gasteiger partial charge on any atom is -0.379 e. The molecule has 0 aromatic rings. The molecule has 0 radical (unpaired) electrons. The first-order valence-corrected chi connectivity index (χ1v) is 9.07. The van der Waals surface area contributed by atoms with Gasteiger partial charge < -0.3 is 24.6 Å². The summed E-state index contributed by atoms with van der Waals surface area (Å²) in [5.41, 5.74) is 1.25. The number of piperazine rings is 1. The van der Waals surface area contributed by atoms with Crippen molar-refractivity contribution in [1.29, 1.82) is 0 Å². The van der Waals surface area contributed by atoms with Crippen LogP contribution in [0.15, 0.2) is 11.6 Å². The average molecular weight is 339 g/mol. The van der Waals surface area contributed by atoms with Crippen molar-refractivity contribution in [2.75, 3.05) is 59.6 Å². The number of likely N-dealkylation sites (N-methyl/N-ethyl adjacent to an activating group) is 1. The van der Waals surface area contributed by atoms with E-state index in [0.717, 1.165) is 39.1 Å². The van der Waals surface area contributed by atoms with Crippen LogP contribution in [0, 0.1) is 0 Å². The first-order chi connectivity index (χ1) is 11.5. The summed E-state index contributed by atoms with van der Waals surface area (Å²) in [6, 6.07) is -0.0377. The number of hydrogen-bond donors (Lipinski definition) is 1. The van der Waals surface area contributed by atoms with Crippen molar-refractivity contribution in [1.82, 2.24) is 15.1 Å². The second kappa shape index (κ2) is 10.1. The number of carbonyl (C=O) groups is 1. The minimum atomic E-state index is -0.0377. The van der Waals surface area contributed by atoms with E-state index in [0.29, 0.717) is 26.2 Å². The van der Waals surface area contributed by atoms with E-state index < -0.39 is 0 Å². The molecule has 2 unspecified atom stereocenters. The van der Waals surface area contributed by atoms with E-state index >= 15 is 0 Å². The highest BCUT2D eigenvalue weighted by molar-refractivity contribution is 5.76. The first-order valence-electron chi connectivity index (χ1n) is 9.07. The van der Waals surface area contributed by atoms with Crippen molar-refractivity contribution in [3.63, 3.8) is 0 Å². The molecule has 6 nitrogen and oxygen atoms in total. The number of carbonyl (C=O) groups excluding carboxylic acids is 1. The summed E-state index contributed by atoms with van der Waals surface area (Å²) in [7, 11) is 2.14. The standard InChI is InChI=1S/C18H33N3O3/c1-15(2)5-13-24-17-6-12-23-14-16(17)19-18(22)4-7-21-10-8-20(3)9-11-21/h5,16-17H,4,6-14H2,1-3H3,(H,19,22). The lowest BCUT2D eigenvalue weighted by atomic mass is 10.1. The third-order valence-corrected chi connectivity index (χ3v) is 4.69. The fraction of sp³-hybridized carbons (Fsp3) is 0.833. The Kier molecular flexibility index (Phi) is 8.18. The SMILES string of the molecule is CC(C)=CCOC1CCOCC1NC(=O)CCN1CCN(C)CC1. The second-order valence-electron chi connectivity index (χ2n) is 7.09. The maximum absolute atomic E-state index is 12.3. The number of allylic oxidation sites excluding steroid dienone is 1. The maximum atomic E-state index is 12.3. The minimum absolute atomic E-state index is 0.0377. The monoisotopic (exact) mass is 339 g/mol. The Morgan fingerprint density at radius 1 is 1.29 bits per heavy atom. The third-order valence-electron chi connectivity index (χ3n) is 4.69. The van der Waals surface area contributed by atoms with Gasteiger partial charge in [0.1, 0.15) is 0 Å². The van der Waals surface area contributed by atoms with Crippen LogP contribution in [0.4, 0.5) is 0 Å². The first kappa shape index (κ1) is 19.4. The zero-order valence-electron chi connectivity index (χ0n) is 15.4. The van der Waals surface area contributed by atoms with E-state index in [1.807, 2.05) is 0 Å². The van der Waals surface area contributed by atoms with Gasteiger partial charge in [-0.15, -0.1) is 0 Å². The number of rotatable bonds is 7. The van der Waals surface area contributed by atoms with Gasteiger partial charge in [0.2, 0.25) is 5.91 Å². The molecule has 2 atom stereocenters. The van der Waals surface area contributed by atoms with Gasteiger partial charge in [0.25, 0.3) is 0 Å². The summed E-state index contributed by atoms with van der Waals surface area (Å²) in [4.78, 5) is 17.0. The molecule has 0 saturated carbocycles. The third kappa shape index (κ3) is 6.89. The molecular formula is C18H33N3O3. The van der Waals surface area contributed by atoms with Crippen LogP contribution >= 0.6 is 0 Å². The molecule has 0 aromatic heterocycles. The number of nitrogens with one attached hydrogen (secondary N) is 1. The molecule has 6 heteroatoms. The van der Waals surface area contributed by atoms with Crippen LogP contribution in [-0.2, 0) is 14.3 Å². The summed E-state index contributed by atoms with van der Waals surface area (Å²) >= 11 is 0. The van der Waals surface area contributed by atoms with Crippen LogP contribution < -0.4 is 5.32 Å². The Bertz CT molecular complexity index is 416. The van der Waals surface area contributed by atoms with Gasteiger partial charge in [-0.1, -0.05) is 11.6 Å². The summed E-state index contributed by atoms with van der Waals surface area (Å²) in [5, 5.41) is 3.11. The highest BCUT2D eigenvalue weighted by Crippen LogP contribution is 2.13. The smallest absolute Gasteiger partial charge is 0.221 e. The lowest BCUT2D eigenvalue weighted by molar-refractivity contribution is -0.126. The molecule has 0 aromatic carbocycles. The predicted molar refractivity (Wildman–Crippen MR) is 95.1 cm³/mol. The molecule has 24 heavy (non-hydrogen) atoms. The van der Waals surface area contributed by atoms with Crippen molar-refractivity contribution >= 4 is 5.91 Å². The highest BCUT2D eigenvalue weighted by atomic mass is 16.5. The topological polar surface area (TPSA) is 54.0 Å². The number of nitrogens with zero attached hydrogens (tertiary/aromatic N) is 2. The van der Waals surface area contributed by atoms with E-state index in [2.05, 4.69) is 42.1 Å². The normalized spacial score (nSPS) is 26.1. The molecule has 0 spiro atoms. The molecule has 1 amide bonds. The number of ether oxygens (including phenoxy) is 2. The zero-order chi connectivity index (χ0) is 17.4. The molecule has 2 aliphatic heterocycles. The van der Waals surface area contributed by atoms with E-state index in [9.17, 15) is 4.79 Å². The van der Waals surface area contributed by atoms with Gasteiger partial charge in [0, 0.05) is 45.8 Å². The zero-order valence-corrected chi connectivity index (χ0v) is 15.4. The molecule has 138 valence electrons. The summed E-state index contributed by atoms with van der Waals surface area (Å²) < 4.78 is 11.4. The van der Waals surface area contributed by atoms with Crippen molar-refractivity contribution in [2.24, 2.45) is 0 Å². The average Bonchev–Trinajstić information content (AvgIpc) is 2.55. The molecule has 1 N–H and O–H groups in total. The number of amides is 1. The van der Waals surface area contributed by atoms with E-state index in [-0.39, 0.29) is 18.1 Å². The largest absolute Gasteiger partial charge is 0.379 e. The van der Waals surface area contributed by atoms with Crippen molar-refractivity contribution < 1.29 is 14.3 Å².